The minimum absolute atomic E-state index is 0.00358. The van der Waals surface area contributed by atoms with Gasteiger partial charge in [-0.1, -0.05) is 65.0 Å². The van der Waals surface area contributed by atoms with Crippen LogP contribution in [-0.4, -0.2) is 163 Å². The van der Waals surface area contributed by atoms with Gasteiger partial charge in [0, 0.05) is 62.7 Å². The molecule has 3 aromatic rings. The molecule has 408 valence electrons. The molecule has 0 saturated carbocycles. The molecule has 2 heterocycles. The summed E-state index contributed by atoms with van der Waals surface area (Å²) in [5.41, 5.74) is 6.31. The summed E-state index contributed by atoms with van der Waals surface area (Å²) < 4.78 is 47.7. The molecule has 74 heavy (non-hydrogen) atoms. The predicted molar refractivity (Wildman–Crippen MR) is 269 cm³/mol. The van der Waals surface area contributed by atoms with Crippen LogP contribution in [0, 0.1) is 23.0 Å². The third-order valence-electron chi connectivity index (χ3n) is 12.3. The molecule has 1 aliphatic heterocycles. The number of carboxylic acid groups (broad SMARTS) is 1. The molecule has 8 N–H and O–H groups in total. The van der Waals surface area contributed by atoms with Gasteiger partial charge in [-0.2, -0.15) is 0 Å². The van der Waals surface area contributed by atoms with Gasteiger partial charge in [0.1, 0.15) is 42.4 Å². The minimum Gasteiger partial charge on any atom is -0.481 e. The maximum atomic E-state index is 15.3. The molecular weight excluding hydrogens is 967 g/mol. The van der Waals surface area contributed by atoms with Gasteiger partial charge >= 0.3 is 5.97 Å². The van der Waals surface area contributed by atoms with E-state index < -0.39 is 108 Å². The number of benzene rings is 2. The van der Waals surface area contributed by atoms with Crippen molar-refractivity contribution in [3.63, 3.8) is 0 Å². The fraction of sp³-hybridized carbons (Fsp3) is 0.558. The highest BCUT2D eigenvalue weighted by Gasteiger charge is 2.41. The van der Waals surface area contributed by atoms with Crippen molar-refractivity contribution in [2.45, 2.75) is 103 Å². The zero-order valence-electron chi connectivity index (χ0n) is 43.2. The summed E-state index contributed by atoms with van der Waals surface area (Å²) in [7, 11) is 1.36. The number of nitrogens with two attached hydrogens (primary N) is 1. The zero-order valence-corrected chi connectivity index (χ0v) is 43.2. The molecule has 0 unspecified atom stereocenters. The molecular formula is C52H74F2N8O12. The first kappa shape index (κ1) is 60.2. The third kappa shape index (κ3) is 18.0. The molecule has 1 fully saturated rings. The van der Waals surface area contributed by atoms with Crippen molar-refractivity contribution in [1.29, 1.82) is 0 Å². The number of hydrogen-bond acceptors (Lipinski definition) is 12. The van der Waals surface area contributed by atoms with E-state index in [0.717, 1.165) is 23.8 Å². The molecule has 0 radical (unpaired) electrons. The summed E-state index contributed by atoms with van der Waals surface area (Å²) in [6.07, 6.45) is 1.08. The number of hydrogen-bond donors (Lipinski definition) is 7. The van der Waals surface area contributed by atoms with Crippen molar-refractivity contribution in [3.05, 3.63) is 83.7 Å². The lowest BCUT2D eigenvalue weighted by Gasteiger charge is -2.41. The highest BCUT2D eigenvalue weighted by molar-refractivity contribution is 5.97. The maximum Gasteiger partial charge on any atom is 0.305 e. The van der Waals surface area contributed by atoms with Gasteiger partial charge in [0.15, 0.2) is 0 Å². The van der Waals surface area contributed by atoms with Crippen molar-refractivity contribution in [1.82, 2.24) is 35.6 Å². The number of nitrogens with zero attached hydrogens (tertiary/aromatic N) is 3. The number of ether oxygens (including phenoxy) is 3. The SMILES string of the molecule is CNC(=O)[C@H](CCN(C(=O)CO)[C@@H](c1cc(-c2cc(F)ccc2F)cn1Cc1ccccc1)C(C)(C)C)NC(=O)[C@@H](NC(=O)[C@@H]1CCCN1C(=O)[C@H](CC(=O)O)NC(=O)CCOCCOCCOCCN)C(C)C. The number of likely N-dealkylation sites (N-methyl/N-ethyl adjacent to an activating group) is 1. The van der Waals surface area contributed by atoms with Gasteiger partial charge in [0.25, 0.3) is 0 Å². The number of nitrogens with one attached hydrogen (secondary N) is 4. The van der Waals surface area contributed by atoms with E-state index in [1.165, 1.54) is 16.8 Å². The number of aromatic nitrogens is 1. The van der Waals surface area contributed by atoms with Gasteiger partial charge in [-0.25, -0.2) is 8.78 Å². The summed E-state index contributed by atoms with van der Waals surface area (Å²) >= 11 is 0. The molecule has 0 aliphatic carbocycles. The Bertz CT molecular complexity index is 2350. The second-order valence-electron chi connectivity index (χ2n) is 19.4. The Morgan fingerprint density at radius 2 is 1.53 bits per heavy atom. The fourth-order valence-corrected chi connectivity index (χ4v) is 8.79. The van der Waals surface area contributed by atoms with E-state index in [1.807, 2.05) is 55.7 Å². The van der Waals surface area contributed by atoms with Crippen LogP contribution in [0.1, 0.15) is 84.0 Å². The first-order valence-corrected chi connectivity index (χ1v) is 24.9. The van der Waals surface area contributed by atoms with E-state index in [4.69, 9.17) is 19.9 Å². The largest absolute Gasteiger partial charge is 0.481 e. The Morgan fingerprint density at radius 3 is 2.14 bits per heavy atom. The number of carbonyl (C=O) groups excluding carboxylic acids is 6. The smallest absolute Gasteiger partial charge is 0.305 e. The first-order valence-electron chi connectivity index (χ1n) is 24.9. The topological polar surface area (TPSA) is 273 Å². The number of aliphatic hydroxyl groups excluding tert-OH is 1. The second kappa shape index (κ2) is 29.5. The predicted octanol–water partition coefficient (Wildman–Crippen LogP) is 2.50. The zero-order chi connectivity index (χ0) is 54.5. The highest BCUT2D eigenvalue weighted by atomic mass is 19.1. The van der Waals surface area contributed by atoms with Gasteiger partial charge in [0.2, 0.25) is 35.4 Å². The molecule has 2 aromatic carbocycles. The van der Waals surface area contributed by atoms with Crippen LogP contribution < -0.4 is 27.0 Å². The van der Waals surface area contributed by atoms with Crippen molar-refractivity contribution < 1.29 is 66.8 Å². The average Bonchev–Trinajstić information content (AvgIpc) is 4.02. The Hall–Kier alpha value is -6.33. The molecule has 5 atom stereocenters. The number of amides is 6. The Labute approximate surface area is 431 Å². The highest BCUT2D eigenvalue weighted by Crippen LogP contribution is 2.41. The average molecular weight is 1040 g/mol. The van der Waals surface area contributed by atoms with Crippen LogP contribution in [0.4, 0.5) is 8.78 Å². The number of aliphatic carboxylic acids is 1. The van der Waals surface area contributed by atoms with Crippen LogP contribution in [0.3, 0.4) is 0 Å². The summed E-state index contributed by atoms with van der Waals surface area (Å²) in [6.45, 7) is 10.1. The number of aliphatic hydroxyl groups is 1. The molecule has 1 saturated heterocycles. The monoisotopic (exact) mass is 1040 g/mol. The van der Waals surface area contributed by atoms with E-state index in [9.17, 15) is 48.2 Å². The Balaban J connectivity index is 1.51. The van der Waals surface area contributed by atoms with E-state index in [-0.39, 0.29) is 64.3 Å². The lowest BCUT2D eigenvalue weighted by Crippen LogP contribution is -2.59. The van der Waals surface area contributed by atoms with Crippen molar-refractivity contribution in [2.24, 2.45) is 17.1 Å². The Morgan fingerprint density at radius 1 is 0.865 bits per heavy atom. The van der Waals surface area contributed by atoms with Gasteiger partial charge in [-0.3, -0.25) is 33.6 Å². The maximum absolute atomic E-state index is 15.3. The normalized spacial score (nSPS) is 15.2. The molecule has 20 nitrogen and oxygen atoms in total. The van der Waals surface area contributed by atoms with Gasteiger partial charge in [0.05, 0.1) is 52.1 Å². The molecule has 6 amide bonds. The Kier molecular flexibility index (Phi) is 24.0. The number of carbonyl (C=O) groups is 7. The van der Waals surface area contributed by atoms with Crippen molar-refractivity contribution >= 4 is 41.4 Å². The molecule has 0 bridgehead atoms. The van der Waals surface area contributed by atoms with E-state index in [2.05, 4.69) is 21.3 Å². The van der Waals surface area contributed by atoms with Gasteiger partial charge < -0.3 is 65.8 Å². The summed E-state index contributed by atoms with van der Waals surface area (Å²) in [4.78, 5) is 96.8. The summed E-state index contributed by atoms with van der Waals surface area (Å²) in [6, 6.07) is 8.13. The molecule has 0 spiro atoms. The van der Waals surface area contributed by atoms with E-state index >= 15 is 4.39 Å². The van der Waals surface area contributed by atoms with Gasteiger partial charge in [-0.15, -0.1) is 0 Å². The van der Waals surface area contributed by atoms with Crippen LogP contribution >= 0.6 is 0 Å². The van der Waals surface area contributed by atoms with E-state index in [1.54, 1.807) is 26.1 Å². The lowest BCUT2D eigenvalue weighted by molar-refractivity contribution is -0.146. The van der Waals surface area contributed by atoms with Crippen molar-refractivity contribution in [3.8, 4) is 11.1 Å². The summed E-state index contributed by atoms with van der Waals surface area (Å²) in [5.74, 6) is -7.50. The molecule has 1 aromatic heterocycles. The number of likely N-dealkylation sites (tertiary alicyclic amines) is 1. The van der Waals surface area contributed by atoms with Gasteiger partial charge in [-0.05, 0) is 60.4 Å². The first-order chi connectivity index (χ1) is 35.2. The standard InChI is InChI=1S/C52H74F2N8O12/c1-33(2)46(59-49(69)41-13-10-19-61(41)51(71)40(29-45(66)67)57-43(64)17-21-72-23-25-74-26-24-73-22-18-55)50(70)58-39(48(68)56-6)16-20-62(44(65)32-63)47(52(3,4)5)42-27-35(37-28-36(53)14-15-38(37)54)31-60(42)30-34-11-8-7-9-12-34/h7-9,11-12,14-15,27-28,31,33,39-41,46-47,63H,10,13,16-26,29-30,32,55H2,1-6H3,(H,56,68)(H,57,64)(H,58,70)(H,59,69)(H,66,67)/t39-,40-,41-,46-,47-/m0/s1. The number of halogens is 2. The second-order valence-corrected chi connectivity index (χ2v) is 19.4. The number of rotatable bonds is 30. The molecule has 1 aliphatic rings. The quantitative estimate of drug-likeness (QED) is 0.0474. The molecule has 4 rings (SSSR count). The fourth-order valence-electron chi connectivity index (χ4n) is 8.79. The summed E-state index contributed by atoms with van der Waals surface area (Å²) in [5, 5.41) is 30.5. The van der Waals surface area contributed by atoms with Crippen LogP contribution in [0.5, 0.6) is 0 Å². The third-order valence-corrected chi connectivity index (χ3v) is 12.3. The van der Waals surface area contributed by atoms with Crippen LogP contribution in [0.25, 0.3) is 11.1 Å². The van der Waals surface area contributed by atoms with E-state index in [0.29, 0.717) is 44.0 Å². The van der Waals surface area contributed by atoms with Crippen molar-refractivity contribution in [2.75, 3.05) is 72.9 Å². The van der Waals surface area contributed by atoms with Crippen LogP contribution in [0.2, 0.25) is 0 Å². The van der Waals surface area contributed by atoms with Crippen LogP contribution in [-0.2, 0) is 54.3 Å². The van der Waals surface area contributed by atoms with Crippen LogP contribution in [0.15, 0.2) is 60.8 Å². The lowest BCUT2D eigenvalue weighted by atomic mass is 9.82. The molecule has 22 heteroatoms. The number of carboxylic acids is 1. The minimum atomic E-state index is -1.51.